The van der Waals surface area contributed by atoms with E-state index in [1.165, 1.54) is 18.2 Å². The molecule has 6 heteroatoms. The van der Waals surface area contributed by atoms with Crippen LogP contribution in [0.15, 0.2) is 62.8 Å². The first-order valence-corrected chi connectivity index (χ1v) is 8.26. The maximum Gasteiger partial charge on any atom is 0.336 e. The van der Waals surface area contributed by atoms with Crippen LogP contribution in [0.5, 0.6) is 5.75 Å². The van der Waals surface area contributed by atoms with Crippen molar-refractivity contribution in [2.24, 2.45) is 5.10 Å². The summed E-state index contributed by atoms with van der Waals surface area (Å²) in [5.74, 6) is 0.411. The van der Waals surface area contributed by atoms with E-state index in [-0.39, 0.29) is 5.82 Å². The highest BCUT2D eigenvalue weighted by atomic mass is 19.1. The Morgan fingerprint density at radius 3 is 2.62 bits per heavy atom. The van der Waals surface area contributed by atoms with Crippen molar-refractivity contribution in [2.75, 3.05) is 5.43 Å². The number of hydrazone groups is 1. The van der Waals surface area contributed by atoms with E-state index in [2.05, 4.69) is 10.5 Å². The smallest absolute Gasteiger partial charge is 0.336 e. The van der Waals surface area contributed by atoms with Crippen LogP contribution in [0.2, 0.25) is 0 Å². The van der Waals surface area contributed by atoms with Gasteiger partial charge in [-0.2, -0.15) is 5.10 Å². The first-order chi connectivity index (χ1) is 12.4. The molecule has 0 radical (unpaired) electrons. The third-order valence-corrected chi connectivity index (χ3v) is 4.41. The first-order valence-electron chi connectivity index (χ1n) is 8.26. The van der Waals surface area contributed by atoms with Gasteiger partial charge in [-0.05, 0) is 50.2 Å². The van der Waals surface area contributed by atoms with E-state index < -0.39 is 11.2 Å². The lowest BCUT2D eigenvalue weighted by atomic mass is 9.91. The van der Waals surface area contributed by atoms with Crippen LogP contribution >= 0.6 is 0 Å². The second-order valence-electron chi connectivity index (χ2n) is 6.69. The van der Waals surface area contributed by atoms with Gasteiger partial charge in [0.2, 0.25) is 0 Å². The molecule has 1 aliphatic rings. The van der Waals surface area contributed by atoms with Gasteiger partial charge in [0.15, 0.2) is 0 Å². The van der Waals surface area contributed by atoms with Crippen molar-refractivity contribution in [3.63, 3.8) is 0 Å². The molecule has 2 aromatic carbocycles. The van der Waals surface area contributed by atoms with E-state index in [0.717, 1.165) is 16.7 Å². The molecule has 1 N–H and O–H groups in total. The second-order valence-corrected chi connectivity index (χ2v) is 6.69. The first kappa shape index (κ1) is 16.3. The lowest BCUT2D eigenvalue weighted by Crippen LogP contribution is -2.43. The molecule has 5 nitrogen and oxygen atoms in total. The van der Waals surface area contributed by atoms with Gasteiger partial charge >= 0.3 is 5.63 Å². The van der Waals surface area contributed by atoms with Crippen LogP contribution in [0.25, 0.3) is 11.0 Å². The zero-order valence-electron chi connectivity index (χ0n) is 14.4. The minimum absolute atomic E-state index is 0.294. The summed E-state index contributed by atoms with van der Waals surface area (Å²) < 4.78 is 24.4. The van der Waals surface area contributed by atoms with Crippen LogP contribution in [-0.2, 0) is 6.42 Å². The average molecular weight is 352 g/mol. The van der Waals surface area contributed by atoms with E-state index in [9.17, 15) is 9.18 Å². The van der Waals surface area contributed by atoms with E-state index in [4.69, 9.17) is 9.15 Å². The lowest BCUT2D eigenvalue weighted by Gasteiger charge is -2.34. The van der Waals surface area contributed by atoms with Crippen LogP contribution in [0, 0.1) is 5.82 Å². The number of nitrogens with one attached hydrogen (secondary N) is 1. The molecule has 0 fully saturated rings. The number of fused-ring (bicyclic) bond motifs is 3. The highest BCUT2D eigenvalue weighted by molar-refractivity contribution is 5.99. The Hall–Kier alpha value is -3.15. The Morgan fingerprint density at radius 2 is 1.85 bits per heavy atom. The molecular formula is C20H17FN2O3. The molecule has 0 saturated carbocycles. The predicted octanol–water partition coefficient (Wildman–Crippen LogP) is 4.11. The highest BCUT2D eigenvalue weighted by Crippen LogP contribution is 2.37. The average Bonchev–Trinajstić information content (AvgIpc) is 2.60. The Bertz CT molecular complexity index is 1070. The van der Waals surface area contributed by atoms with Gasteiger partial charge in [0.1, 0.15) is 22.8 Å². The zero-order chi connectivity index (χ0) is 18.3. The normalized spacial score (nSPS) is 17.0. The molecule has 3 aromatic rings. The van der Waals surface area contributed by atoms with E-state index >= 15 is 0 Å². The van der Waals surface area contributed by atoms with Gasteiger partial charge in [-0.1, -0.05) is 6.07 Å². The van der Waals surface area contributed by atoms with Crippen molar-refractivity contribution in [1.29, 1.82) is 0 Å². The number of rotatable bonds is 2. The molecule has 0 amide bonds. The summed E-state index contributed by atoms with van der Waals surface area (Å²) in [6.07, 6.45) is 0.589. The molecule has 0 bridgehead atoms. The molecule has 0 unspecified atom stereocenters. The van der Waals surface area contributed by atoms with E-state index in [1.54, 1.807) is 24.3 Å². The third kappa shape index (κ3) is 2.94. The SMILES string of the molecule is CC1(C)Oc2c(ccc3oc(=O)ccc23)CC1=NNc1ccc(F)cc1. The number of anilines is 1. The summed E-state index contributed by atoms with van der Waals surface area (Å²) in [6, 6.07) is 12.7. The van der Waals surface area contributed by atoms with Gasteiger partial charge in [0.05, 0.1) is 16.8 Å². The quantitative estimate of drug-likeness (QED) is 0.557. The summed E-state index contributed by atoms with van der Waals surface area (Å²) in [6.45, 7) is 3.86. The fourth-order valence-electron chi connectivity index (χ4n) is 2.96. The standard InChI is InChI=1S/C20H17FN2O3/c1-20(2)17(23-22-14-6-4-13(21)5-7-14)11-12-3-9-16-15(19(12)26-20)8-10-18(24)25-16/h3-10,22H,11H2,1-2H3. The third-order valence-electron chi connectivity index (χ3n) is 4.41. The minimum atomic E-state index is -0.648. The van der Waals surface area contributed by atoms with Crippen LogP contribution in [0.4, 0.5) is 10.1 Å². The lowest BCUT2D eigenvalue weighted by molar-refractivity contribution is 0.173. The molecule has 4 rings (SSSR count). The molecule has 0 saturated heterocycles. The highest BCUT2D eigenvalue weighted by Gasteiger charge is 2.34. The van der Waals surface area contributed by atoms with Gasteiger partial charge in [0, 0.05) is 18.1 Å². The molecule has 1 aromatic heterocycles. The number of nitrogens with zero attached hydrogens (tertiary/aromatic N) is 1. The van der Waals surface area contributed by atoms with E-state index in [0.29, 0.717) is 23.4 Å². The van der Waals surface area contributed by atoms with Gasteiger partial charge in [-0.3, -0.25) is 5.43 Å². The monoisotopic (exact) mass is 352 g/mol. The number of hydrogen-bond acceptors (Lipinski definition) is 5. The molecule has 0 spiro atoms. The fraction of sp³-hybridized carbons (Fsp3) is 0.200. The van der Waals surface area contributed by atoms with Gasteiger partial charge in [-0.25, -0.2) is 9.18 Å². The fourth-order valence-corrected chi connectivity index (χ4v) is 2.96. The molecule has 0 aliphatic carbocycles. The van der Waals surface area contributed by atoms with Gasteiger partial charge in [-0.15, -0.1) is 0 Å². The van der Waals surface area contributed by atoms with Crippen molar-refractivity contribution in [1.82, 2.24) is 0 Å². The maximum absolute atomic E-state index is 13.0. The van der Waals surface area contributed by atoms with Crippen molar-refractivity contribution >= 4 is 22.4 Å². The van der Waals surface area contributed by atoms with Crippen molar-refractivity contribution in [3.05, 3.63) is 70.3 Å². The Balaban J connectivity index is 1.70. The molecule has 0 atom stereocenters. The molecule has 132 valence electrons. The second kappa shape index (κ2) is 5.98. The van der Waals surface area contributed by atoms with Crippen LogP contribution in [0.1, 0.15) is 19.4 Å². The van der Waals surface area contributed by atoms with Crippen molar-refractivity contribution in [2.45, 2.75) is 25.9 Å². The summed E-state index contributed by atoms with van der Waals surface area (Å²) in [5.41, 5.74) is 4.88. The molecule has 1 aliphatic heterocycles. The maximum atomic E-state index is 13.0. The van der Waals surface area contributed by atoms with E-state index in [1.807, 2.05) is 19.9 Å². The van der Waals surface area contributed by atoms with Crippen LogP contribution in [0.3, 0.4) is 0 Å². The Morgan fingerprint density at radius 1 is 1.08 bits per heavy atom. The Labute approximate surface area is 149 Å². The summed E-state index contributed by atoms with van der Waals surface area (Å²) in [5, 5.41) is 5.24. The number of hydrogen-bond donors (Lipinski definition) is 1. The summed E-state index contributed by atoms with van der Waals surface area (Å²) in [4.78, 5) is 11.4. The minimum Gasteiger partial charge on any atom is -0.481 e. The Kier molecular flexibility index (Phi) is 3.76. The summed E-state index contributed by atoms with van der Waals surface area (Å²) >= 11 is 0. The van der Waals surface area contributed by atoms with Gasteiger partial charge < -0.3 is 9.15 Å². The van der Waals surface area contributed by atoms with Crippen molar-refractivity contribution < 1.29 is 13.5 Å². The largest absolute Gasteiger partial charge is 0.481 e. The molecule has 2 heterocycles. The number of halogens is 1. The predicted molar refractivity (Wildman–Crippen MR) is 98.4 cm³/mol. The van der Waals surface area contributed by atoms with Crippen molar-refractivity contribution in [3.8, 4) is 5.75 Å². The van der Waals surface area contributed by atoms with Crippen LogP contribution < -0.4 is 15.8 Å². The topological polar surface area (TPSA) is 63.8 Å². The zero-order valence-corrected chi connectivity index (χ0v) is 14.4. The van der Waals surface area contributed by atoms with Crippen LogP contribution in [-0.4, -0.2) is 11.3 Å². The molecular weight excluding hydrogens is 335 g/mol. The summed E-state index contributed by atoms with van der Waals surface area (Å²) in [7, 11) is 0. The molecule has 26 heavy (non-hydrogen) atoms. The number of ether oxygens (including phenoxy) is 1. The number of benzene rings is 2. The van der Waals surface area contributed by atoms with Gasteiger partial charge in [0.25, 0.3) is 0 Å².